The zero-order chi connectivity index (χ0) is 13.3. The summed E-state index contributed by atoms with van der Waals surface area (Å²) in [5.74, 6) is 2.51. The van der Waals surface area contributed by atoms with E-state index in [2.05, 4.69) is 35.9 Å². The van der Waals surface area contributed by atoms with Gasteiger partial charge in [0.15, 0.2) is 0 Å². The van der Waals surface area contributed by atoms with Gasteiger partial charge in [-0.05, 0) is 58.4 Å². The maximum absolute atomic E-state index is 6.11. The van der Waals surface area contributed by atoms with Gasteiger partial charge in [-0.1, -0.05) is 0 Å². The van der Waals surface area contributed by atoms with Gasteiger partial charge < -0.3 is 15.0 Å². The van der Waals surface area contributed by atoms with E-state index in [0.29, 0.717) is 6.04 Å². The maximum Gasteiger partial charge on any atom is 0.0795 e. The van der Waals surface area contributed by atoms with Crippen LogP contribution in [0.4, 0.5) is 0 Å². The molecule has 3 rings (SSSR count). The average Bonchev–Trinajstić information content (AvgIpc) is 2.82. The van der Waals surface area contributed by atoms with Crippen molar-refractivity contribution in [2.75, 3.05) is 31.7 Å². The molecule has 0 amide bonds. The van der Waals surface area contributed by atoms with Crippen molar-refractivity contribution in [2.45, 2.75) is 62.8 Å². The molecule has 4 unspecified atom stereocenters. The third kappa shape index (κ3) is 3.29. The van der Waals surface area contributed by atoms with Gasteiger partial charge in [0.2, 0.25) is 0 Å². The van der Waals surface area contributed by atoms with Crippen LogP contribution in [0, 0.1) is 0 Å². The monoisotopic (exact) mass is 284 g/mol. The molecule has 3 nitrogen and oxygen atoms in total. The molecular weight excluding hydrogens is 256 g/mol. The van der Waals surface area contributed by atoms with Gasteiger partial charge in [-0.25, -0.2) is 0 Å². The molecule has 3 saturated heterocycles. The molecule has 0 saturated carbocycles. The molecule has 0 bridgehead atoms. The van der Waals surface area contributed by atoms with Gasteiger partial charge in [-0.3, -0.25) is 0 Å². The number of hydrogen-bond donors (Lipinski definition) is 1. The van der Waals surface area contributed by atoms with Crippen molar-refractivity contribution >= 4 is 11.8 Å². The van der Waals surface area contributed by atoms with Crippen molar-refractivity contribution in [1.82, 2.24) is 10.2 Å². The lowest BCUT2D eigenvalue weighted by molar-refractivity contribution is -0.0722. The van der Waals surface area contributed by atoms with Gasteiger partial charge in [0.05, 0.1) is 5.60 Å². The van der Waals surface area contributed by atoms with Crippen molar-refractivity contribution in [3.8, 4) is 0 Å². The molecular formula is C15H28N2OS. The van der Waals surface area contributed by atoms with Gasteiger partial charge in [0.1, 0.15) is 0 Å². The van der Waals surface area contributed by atoms with Crippen molar-refractivity contribution < 1.29 is 4.74 Å². The Labute approximate surface area is 121 Å². The molecule has 4 atom stereocenters. The standard InChI is InChI=1S/C15H28N2OS/c1-12-9-13(3-6-17(12)2)16-14-4-7-18-15(10-14)5-8-19-11-15/h12-14,16H,3-11H2,1-2H3. The van der Waals surface area contributed by atoms with Crippen LogP contribution in [-0.4, -0.2) is 60.3 Å². The lowest BCUT2D eigenvalue weighted by atomic mass is 9.88. The molecule has 3 heterocycles. The van der Waals surface area contributed by atoms with Crippen molar-refractivity contribution in [3.63, 3.8) is 0 Å². The van der Waals surface area contributed by atoms with E-state index in [1.54, 1.807) is 0 Å². The molecule has 3 aliphatic rings. The molecule has 0 aliphatic carbocycles. The average molecular weight is 284 g/mol. The number of nitrogens with zero attached hydrogens (tertiary/aromatic N) is 1. The second-order valence-electron chi connectivity index (χ2n) is 6.74. The second kappa shape index (κ2) is 5.92. The first kappa shape index (κ1) is 14.2. The number of thioether (sulfide) groups is 1. The van der Waals surface area contributed by atoms with E-state index in [4.69, 9.17) is 4.74 Å². The Balaban J connectivity index is 1.52. The molecule has 19 heavy (non-hydrogen) atoms. The van der Waals surface area contributed by atoms with Gasteiger partial charge in [-0.15, -0.1) is 0 Å². The summed E-state index contributed by atoms with van der Waals surface area (Å²) in [6.07, 6.45) is 6.31. The summed E-state index contributed by atoms with van der Waals surface area (Å²) in [5.41, 5.74) is 0.220. The minimum atomic E-state index is 0.220. The van der Waals surface area contributed by atoms with Crippen LogP contribution in [0.3, 0.4) is 0 Å². The fourth-order valence-electron chi connectivity index (χ4n) is 3.81. The van der Waals surface area contributed by atoms with Crippen LogP contribution in [0.15, 0.2) is 0 Å². The third-order valence-corrected chi connectivity index (χ3v) is 6.46. The highest BCUT2D eigenvalue weighted by Gasteiger charge is 2.41. The Morgan fingerprint density at radius 1 is 1.32 bits per heavy atom. The molecule has 3 fully saturated rings. The zero-order valence-corrected chi connectivity index (χ0v) is 13.2. The van der Waals surface area contributed by atoms with Crippen LogP contribution in [0.5, 0.6) is 0 Å². The van der Waals surface area contributed by atoms with Crippen molar-refractivity contribution in [3.05, 3.63) is 0 Å². The van der Waals surface area contributed by atoms with E-state index in [1.165, 1.54) is 50.2 Å². The Bertz CT molecular complexity index is 307. The number of hydrogen-bond acceptors (Lipinski definition) is 4. The number of likely N-dealkylation sites (tertiary alicyclic amines) is 1. The second-order valence-corrected chi connectivity index (χ2v) is 7.85. The summed E-state index contributed by atoms with van der Waals surface area (Å²) in [6.45, 7) is 4.55. The Morgan fingerprint density at radius 3 is 2.95 bits per heavy atom. The molecule has 110 valence electrons. The predicted octanol–water partition coefficient (Wildman–Crippen LogP) is 2.11. The van der Waals surface area contributed by atoms with Crippen molar-refractivity contribution in [1.29, 1.82) is 0 Å². The lowest BCUT2D eigenvalue weighted by Gasteiger charge is -2.42. The minimum Gasteiger partial charge on any atom is -0.374 e. The summed E-state index contributed by atoms with van der Waals surface area (Å²) >= 11 is 2.07. The van der Waals surface area contributed by atoms with Crippen LogP contribution in [0.25, 0.3) is 0 Å². The van der Waals surface area contributed by atoms with E-state index >= 15 is 0 Å². The Hall–Kier alpha value is 0.230. The molecule has 0 aromatic rings. The molecule has 1 spiro atoms. The van der Waals surface area contributed by atoms with Crippen LogP contribution < -0.4 is 5.32 Å². The molecule has 0 aromatic heterocycles. The van der Waals surface area contributed by atoms with Gasteiger partial charge in [0, 0.05) is 30.5 Å². The van der Waals surface area contributed by atoms with Gasteiger partial charge >= 0.3 is 0 Å². The molecule has 0 radical (unpaired) electrons. The number of rotatable bonds is 2. The quantitative estimate of drug-likeness (QED) is 0.839. The molecule has 1 N–H and O–H groups in total. The van der Waals surface area contributed by atoms with E-state index in [-0.39, 0.29) is 5.60 Å². The lowest BCUT2D eigenvalue weighted by Crippen LogP contribution is -2.53. The minimum absolute atomic E-state index is 0.220. The van der Waals surface area contributed by atoms with E-state index in [9.17, 15) is 0 Å². The Morgan fingerprint density at radius 2 is 2.21 bits per heavy atom. The number of piperidine rings is 1. The van der Waals surface area contributed by atoms with Crippen LogP contribution in [-0.2, 0) is 4.74 Å². The zero-order valence-electron chi connectivity index (χ0n) is 12.4. The SMILES string of the molecule is CC1CC(NC2CCOC3(CCSC3)C2)CCN1C. The molecule has 0 aromatic carbocycles. The van der Waals surface area contributed by atoms with Gasteiger partial charge in [-0.2, -0.15) is 11.8 Å². The number of nitrogens with one attached hydrogen (secondary N) is 1. The number of ether oxygens (including phenoxy) is 1. The van der Waals surface area contributed by atoms with E-state index in [1.807, 2.05) is 0 Å². The summed E-state index contributed by atoms with van der Waals surface area (Å²) in [7, 11) is 2.25. The highest BCUT2D eigenvalue weighted by Crippen LogP contribution is 2.38. The van der Waals surface area contributed by atoms with Crippen LogP contribution >= 0.6 is 11.8 Å². The highest BCUT2D eigenvalue weighted by molar-refractivity contribution is 7.99. The Kier molecular flexibility index (Phi) is 4.42. The fourth-order valence-corrected chi connectivity index (χ4v) is 5.19. The first-order valence-electron chi connectivity index (χ1n) is 7.85. The summed E-state index contributed by atoms with van der Waals surface area (Å²) in [4.78, 5) is 2.48. The largest absolute Gasteiger partial charge is 0.374 e. The van der Waals surface area contributed by atoms with Crippen molar-refractivity contribution in [2.24, 2.45) is 0 Å². The molecule has 3 aliphatic heterocycles. The summed E-state index contributed by atoms with van der Waals surface area (Å²) in [6, 6.07) is 2.13. The van der Waals surface area contributed by atoms with E-state index < -0.39 is 0 Å². The van der Waals surface area contributed by atoms with Crippen LogP contribution in [0.1, 0.15) is 39.0 Å². The summed E-state index contributed by atoms with van der Waals surface area (Å²) in [5, 5.41) is 3.94. The highest BCUT2D eigenvalue weighted by atomic mass is 32.2. The predicted molar refractivity (Wildman–Crippen MR) is 81.9 cm³/mol. The van der Waals surface area contributed by atoms with E-state index in [0.717, 1.165) is 18.7 Å². The molecule has 4 heteroatoms. The third-order valence-electron chi connectivity index (χ3n) is 5.24. The first-order valence-corrected chi connectivity index (χ1v) is 9.00. The fraction of sp³-hybridized carbons (Fsp3) is 1.00. The smallest absolute Gasteiger partial charge is 0.0795 e. The normalized spacial score (nSPS) is 44.8. The summed E-state index contributed by atoms with van der Waals surface area (Å²) < 4.78 is 6.11. The van der Waals surface area contributed by atoms with Gasteiger partial charge in [0.25, 0.3) is 0 Å². The van der Waals surface area contributed by atoms with Crippen LogP contribution in [0.2, 0.25) is 0 Å². The first-order chi connectivity index (χ1) is 9.17. The topological polar surface area (TPSA) is 24.5 Å². The maximum atomic E-state index is 6.11.